The van der Waals surface area contributed by atoms with Gasteiger partial charge >= 0.3 is 12.1 Å². The summed E-state index contributed by atoms with van der Waals surface area (Å²) in [6, 6.07) is 6.35. The summed E-state index contributed by atoms with van der Waals surface area (Å²) >= 11 is 0. The van der Waals surface area contributed by atoms with Crippen LogP contribution in [-0.4, -0.2) is 42.6 Å². The fraction of sp³-hybridized carbons (Fsp3) is 0.579. The maximum Gasteiger partial charge on any atom is 0.407 e. The van der Waals surface area contributed by atoms with Crippen LogP contribution in [0.2, 0.25) is 0 Å². The molecular formula is C19H30N2O6. The third kappa shape index (κ3) is 9.81. The number of nitrogens with one attached hydrogen (secondary N) is 2. The Balaban J connectivity index is 2.25. The van der Waals surface area contributed by atoms with Gasteiger partial charge in [-0.15, -0.1) is 0 Å². The lowest BCUT2D eigenvalue weighted by Crippen LogP contribution is -2.36. The summed E-state index contributed by atoms with van der Waals surface area (Å²) in [6.07, 6.45) is 1.17. The minimum atomic E-state index is -0.815. The summed E-state index contributed by atoms with van der Waals surface area (Å²) in [5.74, 6) is 0.188. The Labute approximate surface area is 160 Å². The Kier molecular flexibility index (Phi) is 9.60. The van der Waals surface area contributed by atoms with Crippen LogP contribution in [0.1, 0.15) is 45.6 Å². The Morgan fingerprint density at radius 3 is 2.37 bits per heavy atom. The molecule has 0 aliphatic rings. The summed E-state index contributed by atoms with van der Waals surface area (Å²) in [5.41, 5.74) is 2.26. The third-order valence-electron chi connectivity index (χ3n) is 3.57. The predicted molar refractivity (Wildman–Crippen MR) is 99.6 cm³/mol. The largest absolute Gasteiger partial charge is 0.497 e. The van der Waals surface area contributed by atoms with Crippen molar-refractivity contribution in [1.29, 1.82) is 0 Å². The molecule has 1 atom stereocenters. The van der Waals surface area contributed by atoms with E-state index in [0.717, 1.165) is 11.3 Å². The van der Waals surface area contributed by atoms with E-state index in [1.54, 1.807) is 52.1 Å². The van der Waals surface area contributed by atoms with Crippen LogP contribution in [0.3, 0.4) is 0 Å². The number of alkyl carbamates (subject to hydrolysis) is 1. The summed E-state index contributed by atoms with van der Waals surface area (Å²) in [5, 5.41) is 11.8. The molecule has 152 valence electrons. The lowest BCUT2D eigenvalue weighted by Gasteiger charge is -2.19. The van der Waals surface area contributed by atoms with Crippen LogP contribution in [0.4, 0.5) is 4.79 Å². The number of esters is 1. The van der Waals surface area contributed by atoms with E-state index in [1.165, 1.54) is 0 Å². The molecule has 0 aliphatic heterocycles. The van der Waals surface area contributed by atoms with Crippen LogP contribution in [0.5, 0.6) is 5.75 Å². The molecule has 0 saturated heterocycles. The first-order chi connectivity index (χ1) is 12.7. The Morgan fingerprint density at radius 1 is 1.15 bits per heavy atom. The normalized spacial score (nSPS) is 12.2. The Hall–Kier alpha value is -2.32. The molecule has 0 saturated carbocycles. The average molecular weight is 382 g/mol. The molecule has 0 heterocycles. The van der Waals surface area contributed by atoms with Crippen molar-refractivity contribution >= 4 is 12.1 Å². The number of hydrogen-bond donors (Lipinski definition) is 3. The second-order valence-corrected chi connectivity index (χ2v) is 7.06. The summed E-state index contributed by atoms with van der Waals surface area (Å²) in [6.45, 7) is 5.92. The number of methoxy groups -OCH3 is 1. The van der Waals surface area contributed by atoms with Crippen molar-refractivity contribution in [3.05, 3.63) is 29.8 Å². The van der Waals surface area contributed by atoms with Crippen LogP contribution in [0.15, 0.2) is 24.3 Å². The van der Waals surface area contributed by atoms with E-state index in [-0.39, 0.29) is 6.61 Å². The summed E-state index contributed by atoms with van der Waals surface area (Å²) in [4.78, 5) is 23.6. The highest BCUT2D eigenvalue weighted by molar-refractivity contribution is 5.75. The first-order valence-corrected chi connectivity index (χ1v) is 8.91. The highest BCUT2D eigenvalue weighted by atomic mass is 16.6. The number of unbranched alkanes of at least 4 members (excludes halogenated alkanes) is 1. The predicted octanol–water partition coefficient (Wildman–Crippen LogP) is 2.78. The molecule has 0 fully saturated rings. The molecule has 3 N–H and O–H groups in total. The monoisotopic (exact) mass is 382 g/mol. The van der Waals surface area contributed by atoms with Crippen molar-refractivity contribution in [2.24, 2.45) is 0 Å². The number of carbonyl (C=O) groups excluding carboxylic acids is 2. The molecule has 0 radical (unpaired) electrons. The smallest absolute Gasteiger partial charge is 0.407 e. The molecule has 27 heavy (non-hydrogen) atoms. The van der Waals surface area contributed by atoms with Gasteiger partial charge in [-0.25, -0.2) is 4.79 Å². The van der Waals surface area contributed by atoms with E-state index >= 15 is 0 Å². The van der Waals surface area contributed by atoms with E-state index in [1.807, 2.05) is 5.48 Å². The number of hydroxylamine groups is 1. The minimum Gasteiger partial charge on any atom is -0.497 e. The van der Waals surface area contributed by atoms with Gasteiger partial charge in [-0.05, 0) is 57.7 Å². The van der Waals surface area contributed by atoms with E-state index in [2.05, 4.69) is 5.32 Å². The molecular weight excluding hydrogens is 352 g/mol. The van der Waals surface area contributed by atoms with Crippen molar-refractivity contribution < 1.29 is 29.0 Å². The molecule has 1 rings (SSSR count). The molecule has 1 amide bonds. The SMILES string of the molecule is COc1ccc(COC(=O)[C@@H](CCCCNC(=O)OC(C)(C)C)NO)cc1. The zero-order valence-electron chi connectivity index (χ0n) is 16.4. The standard InChI is InChI=1S/C19H30N2O6/c1-19(2,3)27-18(23)20-12-6-5-7-16(21-24)17(22)26-13-14-8-10-15(25-4)11-9-14/h8-11,16,21,24H,5-7,12-13H2,1-4H3,(H,20,23)/t16-/m1/s1. The Morgan fingerprint density at radius 2 is 1.81 bits per heavy atom. The fourth-order valence-electron chi connectivity index (χ4n) is 2.19. The highest BCUT2D eigenvalue weighted by Crippen LogP contribution is 2.13. The van der Waals surface area contributed by atoms with Gasteiger partial charge in [-0.1, -0.05) is 12.1 Å². The summed E-state index contributed by atoms with van der Waals surface area (Å²) < 4.78 is 15.4. The van der Waals surface area contributed by atoms with Crippen molar-refractivity contribution in [3.8, 4) is 5.75 Å². The van der Waals surface area contributed by atoms with Crippen molar-refractivity contribution in [3.63, 3.8) is 0 Å². The number of rotatable bonds is 10. The highest BCUT2D eigenvalue weighted by Gasteiger charge is 2.19. The molecule has 0 aliphatic carbocycles. The van der Waals surface area contributed by atoms with Gasteiger partial charge in [0, 0.05) is 6.54 Å². The topological polar surface area (TPSA) is 106 Å². The molecule has 1 aromatic carbocycles. The van der Waals surface area contributed by atoms with Crippen LogP contribution in [0, 0.1) is 0 Å². The van der Waals surface area contributed by atoms with E-state index in [9.17, 15) is 14.8 Å². The zero-order valence-corrected chi connectivity index (χ0v) is 16.4. The second kappa shape index (κ2) is 11.4. The van der Waals surface area contributed by atoms with Crippen molar-refractivity contribution in [2.45, 2.75) is 58.3 Å². The zero-order chi connectivity index (χ0) is 20.3. The number of benzene rings is 1. The maximum atomic E-state index is 12.0. The van der Waals surface area contributed by atoms with Crippen LogP contribution < -0.4 is 15.5 Å². The van der Waals surface area contributed by atoms with Crippen LogP contribution >= 0.6 is 0 Å². The van der Waals surface area contributed by atoms with Gasteiger partial charge in [0.15, 0.2) is 0 Å². The first-order valence-electron chi connectivity index (χ1n) is 8.91. The van der Waals surface area contributed by atoms with E-state index < -0.39 is 23.7 Å². The van der Waals surface area contributed by atoms with E-state index in [4.69, 9.17) is 14.2 Å². The molecule has 1 aromatic rings. The lowest BCUT2D eigenvalue weighted by atomic mass is 10.1. The van der Waals surface area contributed by atoms with Gasteiger partial charge < -0.3 is 24.7 Å². The van der Waals surface area contributed by atoms with Crippen LogP contribution in [0.25, 0.3) is 0 Å². The van der Waals surface area contributed by atoms with E-state index in [0.29, 0.717) is 25.8 Å². The van der Waals surface area contributed by atoms with Gasteiger partial charge in [0.2, 0.25) is 0 Å². The molecule has 0 aromatic heterocycles. The summed E-state index contributed by atoms with van der Waals surface area (Å²) in [7, 11) is 1.58. The fourth-order valence-corrected chi connectivity index (χ4v) is 2.19. The van der Waals surface area contributed by atoms with Gasteiger partial charge in [-0.3, -0.25) is 4.79 Å². The Bertz CT molecular complexity index is 583. The van der Waals surface area contributed by atoms with Crippen molar-refractivity contribution in [1.82, 2.24) is 10.8 Å². The molecule has 0 bridgehead atoms. The van der Waals surface area contributed by atoms with Gasteiger partial charge in [0.05, 0.1) is 7.11 Å². The average Bonchev–Trinajstić information content (AvgIpc) is 2.61. The number of ether oxygens (including phenoxy) is 3. The van der Waals surface area contributed by atoms with Gasteiger partial charge in [-0.2, -0.15) is 5.48 Å². The van der Waals surface area contributed by atoms with Gasteiger partial charge in [0.1, 0.15) is 24.0 Å². The lowest BCUT2D eigenvalue weighted by molar-refractivity contribution is -0.150. The quantitative estimate of drug-likeness (QED) is 0.324. The first kappa shape index (κ1) is 22.7. The third-order valence-corrected chi connectivity index (χ3v) is 3.57. The number of hydrogen-bond acceptors (Lipinski definition) is 7. The van der Waals surface area contributed by atoms with Crippen LogP contribution in [-0.2, 0) is 20.9 Å². The molecule has 8 heteroatoms. The van der Waals surface area contributed by atoms with Crippen molar-refractivity contribution in [2.75, 3.05) is 13.7 Å². The molecule has 8 nitrogen and oxygen atoms in total. The number of amides is 1. The number of carbonyl (C=O) groups is 2. The second-order valence-electron chi connectivity index (χ2n) is 7.06. The maximum absolute atomic E-state index is 12.0. The minimum absolute atomic E-state index is 0.112. The molecule has 0 unspecified atom stereocenters. The van der Waals surface area contributed by atoms with Gasteiger partial charge in [0.25, 0.3) is 0 Å². The molecule has 0 spiro atoms.